The second kappa shape index (κ2) is 7.34. The molecule has 0 unspecified atom stereocenters. The van der Waals surface area contributed by atoms with E-state index in [2.05, 4.69) is 16.9 Å². The number of benzene rings is 1. The molecule has 0 spiro atoms. The number of aryl methyl sites for hydroxylation is 1. The van der Waals surface area contributed by atoms with Crippen molar-refractivity contribution >= 4 is 27.6 Å². The first-order chi connectivity index (χ1) is 14.4. The second-order valence-corrected chi connectivity index (χ2v) is 10.7. The minimum absolute atomic E-state index is 0.203. The van der Waals surface area contributed by atoms with Gasteiger partial charge in [0.2, 0.25) is 10.0 Å². The van der Waals surface area contributed by atoms with Crippen LogP contribution in [0.3, 0.4) is 0 Å². The zero-order valence-corrected chi connectivity index (χ0v) is 18.0. The van der Waals surface area contributed by atoms with Crippen molar-refractivity contribution in [2.75, 3.05) is 10.5 Å². The third-order valence-corrected chi connectivity index (χ3v) is 7.57. The number of anilines is 1. The standard InChI is InChI=1S/C24H26N2O3S/c1-15-11-18(26-30(28,29)14-16-5-6-16)9-10-20(15)22-12-19(13-24(27)17-7-8-17)25-23-4-2-3-21(22)23/h2-3,9-12,16-17,26H,4-8,13-14H2,1H3. The zero-order valence-electron chi connectivity index (χ0n) is 17.1. The summed E-state index contributed by atoms with van der Waals surface area (Å²) in [5, 5.41) is 0. The molecule has 1 N–H and O–H groups in total. The molecule has 1 heterocycles. The molecule has 0 aliphatic heterocycles. The van der Waals surface area contributed by atoms with Gasteiger partial charge in [-0.3, -0.25) is 14.5 Å². The number of pyridine rings is 1. The maximum absolute atomic E-state index is 12.3. The Kier molecular flexibility index (Phi) is 4.77. The van der Waals surface area contributed by atoms with Crippen LogP contribution >= 0.6 is 0 Å². The number of nitrogens with one attached hydrogen (secondary N) is 1. The fourth-order valence-electron chi connectivity index (χ4n) is 4.18. The lowest BCUT2D eigenvalue weighted by atomic mass is 9.94. The number of allylic oxidation sites excluding steroid dienone is 1. The van der Waals surface area contributed by atoms with Crippen LogP contribution < -0.4 is 4.72 Å². The first-order valence-electron chi connectivity index (χ1n) is 10.7. The number of sulfonamides is 1. The Hall–Kier alpha value is -2.47. The first-order valence-corrected chi connectivity index (χ1v) is 12.4. The Bertz CT molecular complexity index is 1160. The van der Waals surface area contributed by atoms with Gasteiger partial charge in [0, 0.05) is 35.7 Å². The molecule has 5 rings (SSSR count). The van der Waals surface area contributed by atoms with Crippen LogP contribution in [-0.4, -0.2) is 24.9 Å². The molecule has 0 bridgehead atoms. The van der Waals surface area contributed by atoms with E-state index < -0.39 is 10.0 Å². The summed E-state index contributed by atoms with van der Waals surface area (Å²) in [6.45, 7) is 1.99. The molecule has 2 fully saturated rings. The summed E-state index contributed by atoms with van der Waals surface area (Å²) in [7, 11) is -3.31. The number of hydrogen-bond donors (Lipinski definition) is 1. The number of aromatic nitrogens is 1. The van der Waals surface area contributed by atoms with Gasteiger partial charge < -0.3 is 0 Å². The van der Waals surface area contributed by atoms with Crippen LogP contribution in [0.5, 0.6) is 0 Å². The quantitative estimate of drug-likeness (QED) is 0.688. The Morgan fingerprint density at radius 1 is 1.13 bits per heavy atom. The van der Waals surface area contributed by atoms with E-state index in [0.717, 1.165) is 65.7 Å². The van der Waals surface area contributed by atoms with E-state index in [0.29, 0.717) is 18.0 Å². The molecule has 2 saturated carbocycles. The van der Waals surface area contributed by atoms with Crippen LogP contribution in [0.2, 0.25) is 0 Å². The molecule has 1 aromatic heterocycles. The largest absolute Gasteiger partial charge is 0.299 e. The fourth-order valence-corrected chi connectivity index (χ4v) is 5.71. The van der Waals surface area contributed by atoms with Crippen LogP contribution in [-0.2, 0) is 27.7 Å². The average Bonchev–Trinajstić information content (AvgIpc) is 3.60. The lowest BCUT2D eigenvalue weighted by Gasteiger charge is -2.15. The van der Waals surface area contributed by atoms with Crippen molar-refractivity contribution in [2.45, 2.75) is 45.4 Å². The minimum Gasteiger partial charge on any atom is -0.299 e. The highest BCUT2D eigenvalue weighted by molar-refractivity contribution is 7.92. The highest BCUT2D eigenvalue weighted by atomic mass is 32.2. The summed E-state index contributed by atoms with van der Waals surface area (Å²) < 4.78 is 27.4. The topological polar surface area (TPSA) is 76.1 Å². The van der Waals surface area contributed by atoms with E-state index in [1.807, 2.05) is 31.2 Å². The molecule has 5 nitrogen and oxygen atoms in total. The molecule has 156 valence electrons. The number of carbonyl (C=O) groups is 1. The average molecular weight is 423 g/mol. The van der Waals surface area contributed by atoms with Crippen molar-refractivity contribution in [3.8, 4) is 11.1 Å². The Morgan fingerprint density at radius 2 is 1.93 bits per heavy atom. The van der Waals surface area contributed by atoms with Gasteiger partial charge in [0.1, 0.15) is 5.78 Å². The summed E-state index contributed by atoms with van der Waals surface area (Å²) >= 11 is 0. The van der Waals surface area contributed by atoms with Crippen molar-refractivity contribution in [2.24, 2.45) is 11.8 Å². The van der Waals surface area contributed by atoms with Gasteiger partial charge in [0.15, 0.2) is 0 Å². The van der Waals surface area contributed by atoms with Gasteiger partial charge in [-0.15, -0.1) is 0 Å². The van der Waals surface area contributed by atoms with Crippen LogP contribution in [0.15, 0.2) is 30.3 Å². The van der Waals surface area contributed by atoms with Crippen LogP contribution in [0.1, 0.15) is 48.2 Å². The van der Waals surface area contributed by atoms with Crippen molar-refractivity contribution in [3.63, 3.8) is 0 Å². The monoisotopic (exact) mass is 422 g/mol. The Balaban J connectivity index is 1.44. The molecule has 0 atom stereocenters. The van der Waals surface area contributed by atoms with E-state index >= 15 is 0 Å². The van der Waals surface area contributed by atoms with Gasteiger partial charge in [-0.1, -0.05) is 18.2 Å². The highest BCUT2D eigenvalue weighted by Crippen LogP contribution is 2.36. The van der Waals surface area contributed by atoms with E-state index in [-0.39, 0.29) is 17.5 Å². The third kappa shape index (κ3) is 4.19. The van der Waals surface area contributed by atoms with Gasteiger partial charge in [-0.25, -0.2) is 8.42 Å². The lowest BCUT2D eigenvalue weighted by Crippen LogP contribution is -2.17. The first kappa shape index (κ1) is 19.5. The van der Waals surface area contributed by atoms with Crippen molar-refractivity contribution in [1.29, 1.82) is 0 Å². The van der Waals surface area contributed by atoms with Gasteiger partial charge >= 0.3 is 0 Å². The molecular weight excluding hydrogens is 396 g/mol. The maximum atomic E-state index is 12.3. The molecule has 1 aromatic carbocycles. The van der Waals surface area contributed by atoms with Crippen LogP contribution in [0.25, 0.3) is 17.2 Å². The van der Waals surface area contributed by atoms with Gasteiger partial charge in [0.25, 0.3) is 0 Å². The number of Topliss-reactive ketones (excluding diaryl/α,β-unsaturated/α-hetero) is 1. The molecule has 0 saturated heterocycles. The molecule has 6 heteroatoms. The van der Waals surface area contributed by atoms with E-state index in [9.17, 15) is 13.2 Å². The molecular formula is C24H26N2O3S. The van der Waals surface area contributed by atoms with E-state index in [1.54, 1.807) is 0 Å². The number of carbonyl (C=O) groups excluding carboxylic acids is 1. The summed E-state index contributed by atoms with van der Waals surface area (Å²) in [6.07, 6.45) is 9.40. The van der Waals surface area contributed by atoms with Gasteiger partial charge in [-0.2, -0.15) is 0 Å². The van der Waals surface area contributed by atoms with Crippen molar-refractivity contribution in [3.05, 3.63) is 52.9 Å². The van der Waals surface area contributed by atoms with Crippen molar-refractivity contribution < 1.29 is 13.2 Å². The normalized spacial score (nSPS) is 17.8. The molecule has 0 radical (unpaired) electrons. The van der Waals surface area contributed by atoms with Crippen LogP contribution in [0, 0.1) is 18.8 Å². The molecule has 3 aliphatic rings. The predicted molar refractivity (Wildman–Crippen MR) is 119 cm³/mol. The zero-order chi connectivity index (χ0) is 20.9. The Morgan fingerprint density at radius 3 is 2.63 bits per heavy atom. The number of nitrogens with zero attached hydrogens (tertiary/aromatic N) is 1. The summed E-state index contributed by atoms with van der Waals surface area (Å²) in [5.74, 6) is 1.03. The molecule has 3 aliphatic carbocycles. The molecule has 0 amide bonds. The molecule has 30 heavy (non-hydrogen) atoms. The van der Waals surface area contributed by atoms with Crippen LogP contribution in [0.4, 0.5) is 5.69 Å². The summed E-state index contributed by atoms with van der Waals surface area (Å²) in [5.41, 5.74) is 6.65. The number of ketones is 1. The highest BCUT2D eigenvalue weighted by Gasteiger charge is 2.30. The summed E-state index contributed by atoms with van der Waals surface area (Å²) in [4.78, 5) is 17.1. The lowest BCUT2D eigenvalue weighted by molar-refractivity contribution is -0.119. The fraction of sp³-hybridized carbons (Fsp3) is 0.417. The maximum Gasteiger partial charge on any atom is 0.232 e. The van der Waals surface area contributed by atoms with Gasteiger partial charge in [-0.05, 0) is 73.4 Å². The second-order valence-electron chi connectivity index (χ2n) is 8.90. The number of hydrogen-bond acceptors (Lipinski definition) is 4. The minimum atomic E-state index is -3.31. The smallest absolute Gasteiger partial charge is 0.232 e. The predicted octanol–water partition coefficient (Wildman–Crippen LogP) is 4.30. The molecule has 2 aromatic rings. The Labute approximate surface area is 177 Å². The number of fused-ring (bicyclic) bond motifs is 1. The summed E-state index contributed by atoms with van der Waals surface area (Å²) in [6, 6.07) is 7.72. The SMILES string of the molecule is Cc1cc(NS(=O)(=O)CC2CC2)ccc1-c1cc(CC(=O)C2CC2)nc2c1C=CC2. The third-order valence-electron chi connectivity index (χ3n) is 6.12. The van der Waals surface area contributed by atoms with E-state index in [4.69, 9.17) is 4.98 Å². The number of rotatable bonds is 8. The van der Waals surface area contributed by atoms with Crippen molar-refractivity contribution in [1.82, 2.24) is 4.98 Å². The van der Waals surface area contributed by atoms with Gasteiger partial charge in [0.05, 0.1) is 11.4 Å². The van der Waals surface area contributed by atoms with E-state index in [1.165, 1.54) is 0 Å².